The fraction of sp³-hybridized carbons (Fsp3) is 0.136. The van der Waals surface area contributed by atoms with E-state index in [0.717, 1.165) is 22.5 Å². The summed E-state index contributed by atoms with van der Waals surface area (Å²) in [4.78, 5) is 28.3. The third kappa shape index (κ3) is 4.51. The lowest BCUT2D eigenvalue weighted by atomic mass is 10.1. The van der Waals surface area contributed by atoms with Crippen LogP contribution in [0.15, 0.2) is 53.9 Å². The summed E-state index contributed by atoms with van der Waals surface area (Å²) in [6.07, 6.45) is 0. The predicted octanol–water partition coefficient (Wildman–Crippen LogP) is 4.22. The van der Waals surface area contributed by atoms with E-state index >= 15 is 0 Å². The Bertz CT molecular complexity index is 1240. The summed E-state index contributed by atoms with van der Waals surface area (Å²) in [5.74, 6) is -0.487. The van der Waals surface area contributed by atoms with Crippen LogP contribution in [0.25, 0.3) is 16.9 Å². The van der Waals surface area contributed by atoms with Gasteiger partial charge in [0, 0.05) is 23.6 Å². The van der Waals surface area contributed by atoms with Crippen molar-refractivity contribution in [3.8, 4) is 16.9 Å². The van der Waals surface area contributed by atoms with Gasteiger partial charge in [-0.25, -0.2) is 9.67 Å². The molecule has 0 bridgehead atoms. The number of carbonyl (C=O) groups is 2. The third-order valence-electron chi connectivity index (χ3n) is 4.61. The fourth-order valence-corrected chi connectivity index (χ4v) is 3.73. The second kappa shape index (κ2) is 8.49. The van der Waals surface area contributed by atoms with Crippen molar-refractivity contribution in [2.45, 2.75) is 20.8 Å². The maximum Gasteiger partial charge on any atom is 0.279 e. The van der Waals surface area contributed by atoms with E-state index in [9.17, 15) is 9.59 Å². The molecule has 2 amide bonds. The van der Waals surface area contributed by atoms with Gasteiger partial charge < -0.3 is 5.32 Å². The van der Waals surface area contributed by atoms with Crippen molar-refractivity contribution in [2.24, 2.45) is 0 Å². The molecule has 9 heteroatoms. The first-order valence-corrected chi connectivity index (χ1v) is 10.4. The summed E-state index contributed by atoms with van der Waals surface area (Å²) in [6, 6.07) is 15.2. The highest BCUT2D eigenvalue weighted by molar-refractivity contribution is 7.14. The minimum Gasteiger partial charge on any atom is -0.326 e. The SMILES string of the molecule is CC(=O)Nc1ccc(-c2csc(NC(=O)c3nnn(-c4ccc(C)cc4)c3C)n2)cc1. The first kappa shape index (κ1) is 20.4. The van der Waals surface area contributed by atoms with Crippen LogP contribution in [0.1, 0.15) is 28.7 Å². The molecule has 0 aliphatic rings. The smallest absolute Gasteiger partial charge is 0.279 e. The van der Waals surface area contributed by atoms with Crippen LogP contribution >= 0.6 is 11.3 Å². The Hall–Kier alpha value is -3.85. The zero-order chi connectivity index (χ0) is 22.0. The van der Waals surface area contributed by atoms with E-state index in [4.69, 9.17) is 0 Å². The van der Waals surface area contributed by atoms with Crippen molar-refractivity contribution >= 4 is 34.0 Å². The van der Waals surface area contributed by atoms with E-state index in [2.05, 4.69) is 25.9 Å². The molecule has 0 radical (unpaired) electrons. The van der Waals surface area contributed by atoms with Crippen molar-refractivity contribution in [3.63, 3.8) is 0 Å². The molecule has 0 fully saturated rings. The van der Waals surface area contributed by atoms with Gasteiger partial charge in [-0.2, -0.15) is 0 Å². The molecule has 8 nitrogen and oxygen atoms in total. The van der Waals surface area contributed by atoms with E-state index in [1.165, 1.54) is 18.3 Å². The lowest BCUT2D eigenvalue weighted by Crippen LogP contribution is -2.14. The van der Waals surface area contributed by atoms with Crippen molar-refractivity contribution in [1.82, 2.24) is 20.0 Å². The van der Waals surface area contributed by atoms with E-state index in [0.29, 0.717) is 16.5 Å². The Morgan fingerprint density at radius 2 is 1.68 bits per heavy atom. The number of rotatable bonds is 5. The maximum absolute atomic E-state index is 12.7. The topological polar surface area (TPSA) is 102 Å². The quantitative estimate of drug-likeness (QED) is 0.492. The molecular formula is C22H20N6O2S. The largest absolute Gasteiger partial charge is 0.326 e. The molecule has 0 saturated heterocycles. The second-order valence-corrected chi connectivity index (χ2v) is 7.88. The van der Waals surface area contributed by atoms with Crippen molar-refractivity contribution in [2.75, 3.05) is 10.6 Å². The van der Waals surface area contributed by atoms with E-state index in [1.54, 1.807) is 23.7 Å². The van der Waals surface area contributed by atoms with Gasteiger partial charge in [-0.3, -0.25) is 14.9 Å². The molecule has 0 unspecified atom stereocenters. The second-order valence-electron chi connectivity index (χ2n) is 7.02. The van der Waals surface area contributed by atoms with Crippen LogP contribution in [-0.4, -0.2) is 31.8 Å². The van der Waals surface area contributed by atoms with Gasteiger partial charge in [0.2, 0.25) is 5.91 Å². The number of nitrogens with one attached hydrogen (secondary N) is 2. The molecular weight excluding hydrogens is 412 g/mol. The first-order chi connectivity index (χ1) is 14.9. The highest BCUT2D eigenvalue weighted by Crippen LogP contribution is 2.26. The Kier molecular flexibility index (Phi) is 5.59. The number of amides is 2. The average Bonchev–Trinajstić information content (AvgIpc) is 3.35. The van der Waals surface area contributed by atoms with Crippen molar-refractivity contribution in [1.29, 1.82) is 0 Å². The fourth-order valence-electron chi connectivity index (χ4n) is 3.02. The monoisotopic (exact) mass is 432 g/mol. The van der Waals surface area contributed by atoms with E-state index in [-0.39, 0.29) is 17.5 Å². The molecule has 156 valence electrons. The minimum absolute atomic E-state index is 0.124. The molecule has 0 atom stereocenters. The lowest BCUT2D eigenvalue weighted by molar-refractivity contribution is -0.114. The lowest BCUT2D eigenvalue weighted by Gasteiger charge is -2.04. The van der Waals surface area contributed by atoms with Gasteiger partial charge in [0.15, 0.2) is 10.8 Å². The number of hydrogen-bond acceptors (Lipinski definition) is 6. The van der Waals surface area contributed by atoms with Crippen LogP contribution in [0, 0.1) is 13.8 Å². The van der Waals surface area contributed by atoms with Gasteiger partial charge >= 0.3 is 0 Å². The number of carbonyl (C=O) groups excluding carboxylic acids is 2. The highest BCUT2D eigenvalue weighted by Gasteiger charge is 2.19. The Labute approximate surface area is 183 Å². The molecule has 4 aromatic rings. The maximum atomic E-state index is 12.7. The van der Waals surface area contributed by atoms with Crippen molar-refractivity contribution < 1.29 is 9.59 Å². The van der Waals surface area contributed by atoms with Gasteiger partial charge in [-0.1, -0.05) is 35.0 Å². The zero-order valence-corrected chi connectivity index (χ0v) is 18.0. The summed E-state index contributed by atoms with van der Waals surface area (Å²) in [6.45, 7) is 5.28. The summed E-state index contributed by atoms with van der Waals surface area (Å²) < 4.78 is 1.64. The number of benzene rings is 2. The summed E-state index contributed by atoms with van der Waals surface area (Å²) in [7, 11) is 0. The molecule has 0 spiro atoms. The normalized spacial score (nSPS) is 10.7. The van der Waals surface area contributed by atoms with Gasteiger partial charge in [0.1, 0.15) is 0 Å². The van der Waals surface area contributed by atoms with Crippen LogP contribution in [0.5, 0.6) is 0 Å². The third-order valence-corrected chi connectivity index (χ3v) is 5.37. The molecule has 0 aliphatic heterocycles. The van der Waals surface area contributed by atoms with Crippen LogP contribution in [0.4, 0.5) is 10.8 Å². The number of aryl methyl sites for hydroxylation is 1. The Morgan fingerprint density at radius 3 is 2.35 bits per heavy atom. The molecule has 0 saturated carbocycles. The molecule has 2 N–H and O–H groups in total. The van der Waals surface area contributed by atoms with E-state index < -0.39 is 0 Å². The van der Waals surface area contributed by atoms with E-state index in [1.807, 2.05) is 48.7 Å². The van der Waals surface area contributed by atoms with Crippen LogP contribution < -0.4 is 10.6 Å². The summed E-state index contributed by atoms with van der Waals surface area (Å²) in [5.41, 5.74) is 5.20. The summed E-state index contributed by atoms with van der Waals surface area (Å²) >= 11 is 1.33. The average molecular weight is 433 g/mol. The van der Waals surface area contributed by atoms with Crippen LogP contribution in [0.3, 0.4) is 0 Å². The van der Waals surface area contributed by atoms with Gasteiger partial charge in [0.05, 0.1) is 17.1 Å². The summed E-state index contributed by atoms with van der Waals surface area (Å²) in [5, 5.41) is 16.0. The van der Waals surface area contributed by atoms with Crippen LogP contribution in [0.2, 0.25) is 0 Å². The minimum atomic E-state index is -0.363. The molecule has 0 aliphatic carbocycles. The molecule has 2 heterocycles. The number of thiazole rings is 1. The molecule has 2 aromatic carbocycles. The zero-order valence-electron chi connectivity index (χ0n) is 17.2. The predicted molar refractivity (Wildman–Crippen MR) is 121 cm³/mol. The molecule has 2 aromatic heterocycles. The highest BCUT2D eigenvalue weighted by atomic mass is 32.1. The van der Waals surface area contributed by atoms with Gasteiger partial charge in [-0.15, -0.1) is 16.4 Å². The van der Waals surface area contributed by atoms with Gasteiger partial charge in [0.25, 0.3) is 5.91 Å². The molecule has 31 heavy (non-hydrogen) atoms. The Morgan fingerprint density at radius 1 is 0.968 bits per heavy atom. The Balaban J connectivity index is 1.48. The standard InChI is InChI=1S/C22H20N6O2S/c1-13-4-10-18(11-5-13)28-14(2)20(26-27-28)21(30)25-22-24-19(12-31-22)16-6-8-17(9-7-16)23-15(3)29/h4-12H,1-3H3,(H,23,29)(H,24,25,30). The van der Waals surface area contributed by atoms with Gasteiger partial charge in [-0.05, 0) is 38.1 Å². The number of aromatic nitrogens is 4. The van der Waals surface area contributed by atoms with Crippen molar-refractivity contribution in [3.05, 3.63) is 70.9 Å². The molecule has 4 rings (SSSR count). The number of nitrogens with zero attached hydrogens (tertiary/aromatic N) is 4. The number of hydrogen-bond donors (Lipinski definition) is 2. The first-order valence-electron chi connectivity index (χ1n) is 9.55. The number of anilines is 2. The van der Waals surface area contributed by atoms with Crippen LogP contribution in [-0.2, 0) is 4.79 Å².